The molecule has 2 heterocycles. The van der Waals surface area contributed by atoms with E-state index in [0.717, 1.165) is 57.3 Å². The van der Waals surface area contributed by atoms with Crippen LogP contribution < -0.4 is 5.32 Å². The lowest BCUT2D eigenvalue weighted by atomic mass is 9.91. The van der Waals surface area contributed by atoms with E-state index in [1.54, 1.807) is 0 Å². The molecule has 5 nitrogen and oxygen atoms in total. The van der Waals surface area contributed by atoms with Crippen molar-refractivity contribution in [1.29, 1.82) is 0 Å². The van der Waals surface area contributed by atoms with Crippen LogP contribution in [0.4, 0.5) is 0 Å². The van der Waals surface area contributed by atoms with Gasteiger partial charge < -0.3 is 10.2 Å². The average molecular weight is 364 g/mol. The first-order valence-corrected chi connectivity index (χ1v) is 10.0. The minimum atomic E-state index is 0.107. The minimum Gasteiger partial charge on any atom is -0.337 e. The highest BCUT2D eigenvalue weighted by atomic mass is 16.2. The summed E-state index contributed by atoms with van der Waals surface area (Å²) >= 11 is 0. The number of fused-ring (bicyclic) bond motifs is 1. The number of aromatic nitrogens is 2. The second kappa shape index (κ2) is 8.09. The van der Waals surface area contributed by atoms with Crippen molar-refractivity contribution in [2.75, 3.05) is 13.1 Å². The highest BCUT2D eigenvalue weighted by Crippen LogP contribution is 2.27. The van der Waals surface area contributed by atoms with Crippen LogP contribution in [-0.4, -0.2) is 39.7 Å². The Morgan fingerprint density at radius 3 is 2.78 bits per heavy atom. The van der Waals surface area contributed by atoms with Crippen molar-refractivity contribution in [1.82, 2.24) is 20.0 Å². The van der Waals surface area contributed by atoms with Crippen molar-refractivity contribution < 1.29 is 4.79 Å². The summed E-state index contributed by atoms with van der Waals surface area (Å²) in [7, 11) is 0. The van der Waals surface area contributed by atoms with Crippen molar-refractivity contribution in [3.63, 3.8) is 0 Å². The highest BCUT2D eigenvalue weighted by Gasteiger charge is 2.31. The Morgan fingerprint density at radius 1 is 1.26 bits per heavy atom. The molecule has 1 saturated heterocycles. The summed E-state index contributed by atoms with van der Waals surface area (Å²) in [5.41, 5.74) is 4.32. The number of amides is 1. The smallest absolute Gasteiger partial charge is 0.274 e. The SMILES string of the molecule is C=CCn1nc(C(=O)N2CCCC2)c2c1CC[C@H](NCc1ccccc1)C2. The molecule has 1 aromatic heterocycles. The fourth-order valence-corrected chi connectivity index (χ4v) is 4.24. The number of nitrogens with one attached hydrogen (secondary N) is 1. The number of rotatable bonds is 6. The Labute approximate surface area is 161 Å². The summed E-state index contributed by atoms with van der Waals surface area (Å²) < 4.78 is 1.99. The molecule has 5 heteroatoms. The molecule has 0 bridgehead atoms. The molecule has 0 saturated carbocycles. The van der Waals surface area contributed by atoms with Gasteiger partial charge in [0.05, 0.1) is 6.54 Å². The number of nitrogens with zero attached hydrogens (tertiary/aromatic N) is 3. The summed E-state index contributed by atoms with van der Waals surface area (Å²) in [6.45, 7) is 7.09. The Kier molecular flexibility index (Phi) is 5.39. The predicted octanol–water partition coefficient (Wildman–Crippen LogP) is 2.95. The van der Waals surface area contributed by atoms with Gasteiger partial charge in [0.15, 0.2) is 5.69 Å². The first kappa shape index (κ1) is 18.0. The van der Waals surface area contributed by atoms with Crippen LogP contribution in [0.15, 0.2) is 43.0 Å². The maximum atomic E-state index is 13.0. The average Bonchev–Trinajstić information content (AvgIpc) is 3.36. The lowest BCUT2D eigenvalue weighted by Gasteiger charge is -2.25. The molecule has 1 aliphatic carbocycles. The van der Waals surface area contributed by atoms with E-state index in [1.807, 2.05) is 21.7 Å². The number of hydrogen-bond acceptors (Lipinski definition) is 3. The Bertz CT molecular complexity index is 805. The molecule has 0 spiro atoms. The van der Waals surface area contributed by atoms with Crippen molar-refractivity contribution >= 4 is 5.91 Å². The molecule has 1 aromatic carbocycles. The minimum absolute atomic E-state index is 0.107. The molecule has 1 fully saturated rings. The van der Waals surface area contributed by atoms with Gasteiger partial charge in [0.25, 0.3) is 5.91 Å². The molecule has 0 unspecified atom stereocenters. The molecule has 142 valence electrons. The Morgan fingerprint density at radius 2 is 2.04 bits per heavy atom. The van der Waals surface area contributed by atoms with Gasteiger partial charge in [0.1, 0.15) is 0 Å². The zero-order valence-electron chi connectivity index (χ0n) is 15.9. The molecular weight excluding hydrogens is 336 g/mol. The van der Waals surface area contributed by atoms with E-state index in [2.05, 4.69) is 36.2 Å². The number of hydrogen-bond donors (Lipinski definition) is 1. The van der Waals surface area contributed by atoms with E-state index in [4.69, 9.17) is 5.10 Å². The van der Waals surface area contributed by atoms with Crippen molar-refractivity contribution in [2.24, 2.45) is 0 Å². The Balaban J connectivity index is 1.53. The maximum Gasteiger partial charge on any atom is 0.274 e. The van der Waals surface area contributed by atoms with E-state index in [-0.39, 0.29) is 5.91 Å². The summed E-state index contributed by atoms with van der Waals surface area (Å²) in [6, 6.07) is 10.9. The third-order valence-corrected chi connectivity index (χ3v) is 5.68. The molecule has 2 aromatic rings. The number of benzene rings is 1. The summed E-state index contributed by atoms with van der Waals surface area (Å²) in [5, 5.41) is 8.38. The van der Waals surface area contributed by atoms with Gasteiger partial charge in [0.2, 0.25) is 0 Å². The summed E-state index contributed by atoms with van der Waals surface area (Å²) in [4.78, 5) is 15.0. The maximum absolute atomic E-state index is 13.0. The normalized spacial score (nSPS) is 19.1. The topological polar surface area (TPSA) is 50.2 Å². The zero-order valence-corrected chi connectivity index (χ0v) is 15.9. The van der Waals surface area contributed by atoms with E-state index >= 15 is 0 Å². The van der Waals surface area contributed by atoms with E-state index in [1.165, 1.54) is 11.3 Å². The van der Waals surface area contributed by atoms with Crippen LogP contribution in [-0.2, 0) is 25.9 Å². The van der Waals surface area contributed by atoms with Gasteiger partial charge in [-0.3, -0.25) is 9.48 Å². The van der Waals surface area contributed by atoms with Crippen molar-refractivity contribution in [3.8, 4) is 0 Å². The second-order valence-electron chi connectivity index (χ2n) is 7.55. The zero-order chi connectivity index (χ0) is 18.6. The predicted molar refractivity (Wildman–Crippen MR) is 107 cm³/mol. The first-order valence-electron chi connectivity index (χ1n) is 10.0. The van der Waals surface area contributed by atoms with Crippen LogP contribution in [0.3, 0.4) is 0 Å². The van der Waals surface area contributed by atoms with Crippen LogP contribution in [0, 0.1) is 0 Å². The molecule has 1 amide bonds. The van der Waals surface area contributed by atoms with Gasteiger partial charge in [-0.2, -0.15) is 5.10 Å². The quantitative estimate of drug-likeness (QED) is 0.802. The summed E-state index contributed by atoms with van der Waals surface area (Å²) in [6.07, 6.45) is 6.95. The van der Waals surface area contributed by atoms with Crippen LogP contribution in [0.2, 0.25) is 0 Å². The van der Waals surface area contributed by atoms with Gasteiger partial charge in [0, 0.05) is 36.9 Å². The van der Waals surface area contributed by atoms with Gasteiger partial charge in [-0.05, 0) is 37.7 Å². The molecule has 1 N–H and O–H groups in total. The largest absolute Gasteiger partial charge is 0.337 e. The lowest BCUT2D eigenvalue weighted by Crippen LogP contribution is -2.35. The van der Waals surface area contributed by atoms with E-state index in [0.29, 0.717) is 18.3 Å². The first-order chi connectivity index (χ1) is 13.3. The van der Waals surface area contributed by atoms with Gasteiger partial charge in [-0.1, -0.05) is 36.4 Å². The molecule has 0 radical (unpaired) electrons. The molecule has 4 rings (SSSR count). The standard InChI is InChI=1S/C22H28N4O/c1-2-12-26-20-11-10-18(23-16-17-8-4-3-5-9-17)15-19(20)21(24-26)22(27)25-13-6-7-14-25/h2-5,8-9,18,23H,1,6-7,10-16H2/t18-/m0/s1. The van der Waals surface area contributed by atoms with Crippen LogP contribution >= 0.6 is 0 Å². The van der Waals surface area contributed by atoms with Gasteiger partial charge in [-0.25, -0.2) is 0 Å². The van der Waals surface area contributed by atoms with E-state index < -0.39 is 0 Å². The third kappa shape index (κ3) is 3.83. The molecule has 27 heavy (non-hydrogen) atoms. The molecule has 1 atom stereocenters. The number of likely N-dealkylation sites (tertiary alicyclic amines) is 1. The van der Waals surface area contributed by atoms with Gasteiger partial charge in [-0.15, -0.1) is 6.58 Å². The molecule has 2 aliphatic rings. The Hall–Kier alpha value is -2.40. The summed E-state index contributed by atoms with van der Waals surface area (Å²) in [5.74, 6) is 0.107. The monoisotopic (exact) mass is 364 g/mol. The highest BCUT2D eigenvalue weighted by molar-refractivity contribution is 5.94. The van der Waals surface area contributed by atoms with Crippen molar-refractivity contribution in [2.45, 2.75) is 51.2 Å². The van der Waals surface area contributed by atoms with Crippen molar-refractivity contribution in [3.05, 3.63) is 65.5 Å². The lowest BCUT2D eigenvalue weighted by molar-refractivity contribution is 0.0785. The third-order valence-electron chi connectivity index (χ3n) is 5.68. The molecular formula is C22H28N4O. The van der Waals surface area contributed by atoms with Crippen LogP contribution in [0.5, 0.6) is 0 Å². The fourth-order valence-electron chi connectivity index (χ4n) is 4.24. The number of allylic oxidation sites excluding steroid dienone is 1. The second-order valence-corrected chi connectivity index (χ2v) is 7.55. The fraction of sp³-hybridized carbons (Fsp3) is 0.455. The molecule has 1 aliphatic heterocycles. The van der Waals surface area contributed by atoms with Crippen LogP contribution in [0.25, 0.3) is 0 Å². The van der Waals surface area contributed by atoms with Gasteiger partial charge >= 0.3 is 0 Å². The van der Waals surface area contributed by atoms with Crippen LogP contribution in [0.1, 0.15) is 46.6 Å². The van der Waals surface area contributed by atoms with E-state index in [9.17, 15) is 4.79 Å². The number of carbonyl (C=O) groups excluding carboxylic acids is 1. The number of carbonyl (C=O) groups is 1.